The van der Waals surface area contributed by atoms with Gasteiger partial charge in [-0.05, 0) is 32.9 Å². The van der Waals surface area contributed by atoms with Gasteiger partial charge in [-0.1, -0.05) is 0 Å². The first-order valence-electron chi connectivity index (χ1n) is 7.36. The third-order valence-electron chi connectivity index (χ3n) is 3.44. The minimum atomic E-state index is -0.616. The number of aliphatic hydroxyl groups is 1. The summed E-state index contributed by atoms with van der Waals surface area (Å²) in [5, 5.41) is 13.0. The van der Waals surface area contributed by atoms with Gasteiger partial charge in [0.1, 0.15) is 11.9 Å². The number of nitrogens with one attached hydrogen (secondary N) is 1. The van der Waals surface area contributed by atoms with Crippen molar-refractivity contribution in [1.29, 1.82) is 0 Å². The number of hydrogen-bond donors (Lipinski definition) is 2. The Hall–Kier alpha value is -1.53. The fourth-order valence-electron chi connectivity index (χ4n) is 2.35. The molecule has 6 nitrogen and oxygen atoms in total. The lowest BCUT2D eigenvalue weighted by Gasteiger charge is -2.36. The molecule has 0 unspecified atom stereocenters. The van der Waals surface area contributed by atoms with Crippen molar-refractivity contribution in [2.75, 3.05) is 32.7 Å². The van der Waals surface area contributed by atoms with Gasteiger partial charge in [-0.25, -0.2) is 4.79 Å². The number of β-amino-alcohol motifs (C(OH)–C–C–N with tert-alkyl or cyclic N) is 1. The molecule has 2 N–H and O–H groups in total. The third kappa shape index (κ3) is 4.75. The van der Waals surface area contributed by atoms with E-state index in [2.05, 4.69) is 10.2 Å². The molecular formula is C15H25N3O3. The Morgan fingerprint density at radius 2 is 2.05 bits per heavy atom. The largest absolute Gasteiger partial charge is 0.467 e. The van der Waals surface area contributed by atoms with Crippen molar-refractivity contribution in [3.63, 3.8) is 0 Å². The zero-order valence-corrected chi connectivity index (χ0v) is 13.0. The highest BCUT2D eigenvalue weighted by Crippen LogP contribution is 2.15. The molecule has 21 heavy (non-hydrogen) atoms. The maximum Gasteiger partial charge on any atom is 0.317 e. The summed E-state index contributed by atoms with van der Waals surface area (Å²) in [5.74, 6) is 0.586. The van der Waals surface area contributed by atoms with E-state index in [0.717, 1.165) is 13.1 Å². The van der Waals surface area contributed by atoms with Crippen LogP contribution in [0.25, 0.3) is 0 Å². The maximum atomic E-state index is 12.1. The standard InChI is InChI=1S/C15H25N3O3/c1-15(2,3)16-14(20)18-8-6-17(7-9-18)11-12(19)13-5-4-10-21-13/h4-5,10,12,19H,6-9,11H2,1-3H3,(H,16,20)/t12-/m1/s1. The number of carbonyl (C=O) groups excluding carboxylic acids is 1. The third-order valence-corrected chi connectivity index (χ3v) is 3.44. The van der Waals surface area contributed by atoms with Crippen molar-refractivity contribution in [3.8, 4) is 0 Å². The minimum absolute atomic E-state index is 0.0197. The van der Waals surface area contributed by atoms with Gasteiger partial charge in [-0.2, -0.15) is 0 Å². The van der Waals surface area contributed by atoms with Crippen LogP contribution in [-0.2, 0) is 0 Å². The number of hydrogen-bond acceptors (Lipinski definition) is 4. The normalized spacial score (nSPS) is 18.6. The Labute approximate surface area is 125 Å². The molecule has 1 atom stereocenters. The molecule has 1 saturated heterocycles. The number of urea groups is 1. The predicted octanol–water partition coefficient (Wildman–Crippen LogP) is 1.44. The molecule has 1 aromatic heterocycles. The molecule has 1 aliphatic heterocycles. The van der Waals surface area contributed by atoms with E-state index in [1.54, 1.807) is 18.4 Å². The van der Waals surface area contributed by atoms with Crippen LogP contribution in [-0.4, -0.2) is 59.2 Å². The lowest BCUT2D eigenvalue weighted by Crippen LogP contribution is -2.55. The number of furan rings is 1. The quantitative estimate of drug-likeness (QED) is 0.885. The highest BCUT2D eigenvalue weighted by atomic mass is 16.4. The monoisotopic (exact) mass is 295 g/mol. The zero-order chi connectivity index (χ0) is 15.5. The molecule has 0 spiro atoms. The first-order valence-corrected chi connectivity index (χ1v) is 7.36. The van der Waals surface area contributed by atoms with Crippen LogP contribution >= 0.6 is 0 Å². The van der Waals surface area contributed by atoms with Crippen LogP contribution in [0, 0.1) is 0 Å². The van der Waals surface area contributed by atoms with Crippen molar-refractivity contribution >= 4 is 6.03 Å². The van der Waals surface area contributed by atoms with Gasteiger partial charge in [-0.15, -0.1) is 0 Å². The second-order valence-corrected chi connectivity index (χ2v) is 6.50. The number of amides is 2. The van der Waals surface area contributed by atoms with Crippen LogP contribution in [0.4, 0.5) is 4.79 Å². The van der Waals surface area contributed by atoms with E-state index in [0.29, 0.717) is 25.4 Å². The van der Waals surface area contributed by atoms with Crippen molar-refractivity contribution in [3.05, 3.63) is 24.2 Å². The fraction of sp³-hybridized carbons (Fsp3) is 0.667. The average molecular weight is 295 g/mol. The van der Waals surface area contributed by atoms with Gasteiger partial charge >= 0.3 is 6.03 Å². The second kappa shape index (κ2) is 6.49. The van der Waals surface area contributed by atoms with Gasteiger partial charge in [0.05, 0.1) is 6.26 Å². The van der Waals surface area contributed by atoms with Crippen LogP contribution in [0.3, 0.4) is 0 Å². The van der Waals surface area contributed by atoms with E-state index in [4.69, 9.17) is 4.42 Å². The molecule has 0 aromatic carbocycles. The van der Waals surface area contributed by atoms with Crippen molar-refractivity contribution in [2.24, 2.45) is 0 Å². The SMILES string of the molecule is CC(C)(C)NC(=O)N1CCN(C[C@@H](O)c2ccco2)CC1. The maximum absolute atomic E-state index is 12.1. The Morgan fingerprint density at radius 1 is 1.38 bits per heavy atom. The summed E-state index contributed by atoms with van der Waals surface area (Å²) in [6, 6.07) is 3.53. The molecular weight excluding hydrogens is 270 g/mol. The molecule has 0 saturated carbocycles. The average Bonchev–Trinajstić information content (AvgIpc) is 2.91. The van der Waals surface area contributed by atoms with Gasteiger partial charge in [0, 0.05) is 38.3 Å². The molecule has 0 radical (unpaired) electrons. The molecule has 2 heterocycles. The van der Waals surface area contributed by atoms with Crippen molar-refractivity contribution in [1.82, 2.24) is 15.1 Å². The predicted molar refractivity (Wildman–Crippen MR) is 80.0 cm³/mol. The van der Waals surface area contributed by atoms with Crippen LogP contribution in [0.1, 0.15) is 32.6 Å². The summed E-state index contributed by atoms with van der Waals surface area (Å²) in [7, 11) is 0. The van der Waals surface area contributed by atoms with Gasteiger partial charge in [0.2, 0.25) is 0 Å². The summed E-state index contributed by atoms with van der Waals surface area (Å²) in [6.07, 6.45) is 0.947. The van der Waals surface area contributed by atoms with Crippen LogP contribution < -0.4 is 5.32 Å². The molecule has 1 aliphatic rings. The smallest absolute Gasteiger partial charge is 0.317 e. The number of nitrogens with zero attached hydrogens (tertiary/aromatic N) is 2. The van der Waals surface area contributed by atoms with E-state index < -0.39 is 6.10 Å². The molecule has 1 fully saturated rings. The van der Waals surface area contributed by atoms with Gasteiger partial charge in [0.25, 0.3) is 0 Å². The summed E-state index contributed by atoms with van der Waals surface area (Å²) in [5.41, 5.74) is -0.219. The first-order chi connectivity index (χ1) is 9.85. The molecule has 6 heteroatoms. The Morgan fingerprint density at radius 3 is 2.57 bits per heavy atom. The van der Waals surface area contributed by atoms with E-state index in [1.165, 1.54) is 0 Å². The topological polar surface area (TPSA) is 69.0 Å². The van der Waals surface area contributed by atoms with Crippen molar-refractivity contribution < 1.29 is 14.3 Å². The Kier molecular flexibility index (Phi) is 4.90. The number of rotatable bonds is 3. The molecule has 2 rings (SSSR count). The zero-order valence-electron chi connectivity index (χ0n) is 13.0. The second-order valence-electron chi connectivity index (χ2n) is 6.50. The summed E-state index contributed by atoms with van der Waals surface area (Å²) >= 11 is 0. The number of aliphatic hydroxyl groups excluding tert-OH is 1. The van der Waals surface area contributed by atoms with E-state index in [9.17, 15) is 9.90 Å². The highest BCUT2D eigenvalue weighted by Gasteiger charge is 2.25. The highest BCUT2D eigenvalue weighted by molar-refractivity contribution is 5.75. The molecule has 118 valence electrons. The minimum Gasteiger partial charge on any atom is -0.467 e. The first kappa shape index (κ1) is 15.9. The molecule has 0 aliphatic carbocycles. The van der Waals surface area contributed by atoms with Gasteiger partial charge < -0.3 is 19.7 Å². The lowest BCUT2D eigenvalue weighted by molar-refractivity contribution is 0.0683. The van der Waals surface area contributed by atoms with Gasteiger partial charge in [-0.3, -0.25) is 4.90 Å². The van der Waals surface area contributed by atoms with E-state index in [-0.39, 0.29) is 11.6 Å². The van der Waals surface area contributed by atoms with Gasteiger partial charge in [0.15, 0.2) is 0 Å². The summed E-state index contributed by atoms with van der Waals surface area (Å²) < 4.78 is 5.20. The molecule has 1 aromatic rings. The Bertz CT molecular complexity index is 445. The van der Waals surface area contributed by atoms with Crippen LogP contribution in [0.2, 0.25) is 0 Å². The lowest BCUT2D eigenvalue weighted by atomic mass is 10.1. The van der Waals surface area contributed by atoms with Crippen LogP contribution in [0.15, 0.2) is 22.8 Å². The van der Waals surface area contributed by atoms with Crippen molar-refractivity contribution in [2.45, 2.75) is 32.4 Å². The van der Waals surface area contributed by atoms with Crippen LogP contribution in [0.5, 0.6) is 0 Å². The van der Waals surface area contributed by atoms with E-state index >= 15 is 0 Å². The molecule has 0 bridgehead atoms. The fourth-order valence-corrected chi connectivity index (χ4v) is 2.35. The summed E-state index contributed by atoms with van der Waals surface area (Å²) in [4.78, 5) is 16.0. The van der Waals surface area contributed by atoms with E-state index in [1.807, 2.05) is 25.7 Å². The number of carbonyl (C=O) groups is 1. The number of piperazine rings is 1. The Balaban J connectivity index is 1.77. The molecule has 2 amide bonds. The summed E-state index contributed by atoms with van der Waals surface area (Å²) in [6.45, 7) is 9.31.